The number of anilines is 2. The van der Waals surface area contributed by atoms with Crippen LogP contribution in [0.25, 0.3) is 0 Å². The summed E-state index contributed by atoms with van der Waals surface area (Å²) < 4.78 is 45.6. The molecular weight excluding hydrogens is 443 g/mol. The van der Waals surface area contributed by atoms with Crippen molar-refractivity contribution in [2.45, 2.75) is 18.7 Å². The summed E-state index contributed by atoms with van der Waals surface area (Å²) in [5.74, 6) is -1.76. The number of carbonyl (C=O) groups excluding carboxylic acids is 2. The molecule has 0 spiro atoms. The predicted molar refractivity (Wildman–Crippen MR) is 117 cm³/mol. The molecule has 0 aliphatic carbocycles. The van der Waals surface area contributed by atoms with E-state index in [4.69, 9.17) is 4.74 Å². The minimum atomic E-state index is -4.06. The van der Waals surface area contributed by atoms with Gasteiger partial charge in [0.1, 0.15) is 10.8 Å². The number of benzene rings is 2. The number of methoxy groups -OCH3 is 1. The molecule has 0 saturated heterocycles. The lowest BCUT2D eigenvalue weighted by Gasteiger charge is -2.13. The monoisotopic (exact) mass is 462 g/mol. The lowest BCUT2D eigenvalue weighted by molar-refractivity contribution is 0.0601. The molecule has 0 bridgehead atoms. The highest BCUT2D eigenvalue weighted by atomic mass is 32.2. The second kappa shape index (κ2) is 8.86. The molecule has 0 radical (unpaired) electrons. The van der Waals surface area contributed by atoms with Gasteiger partial charge < -0.3 is 10.1 Å². The molecule has 1 amide bonds. The Hall–Kier alpha value is -3.24. The van der Waals surface area contributed by atoms with E-state index in [1.54, 1.807) is 19.1 Å². The maximum absolute atomic E-state index is 13.1. The van der Waals surface area contributed by atoms with Gasteiger partial charge in [0.25, 0.3) is 15.9 Å². The van der Waals surface area contributed by atoms with Gasteiger partial charge in [-0.15, -0.1) is 11.3 Å². The number of hydrogen-bond donors (Lipinski definition) is 2. The van der Waals surface area contributed by atoms with Crippen molar-refractivity contribution in [3.8, 4) is 0 Å². The fourth-order valence-corrected chi connectivity index (χ4v) is 4.94. The van der Waals surface area contributed by atoms with Crippen LogP contribution in [0.4, 0.5) is 15.1 Å². The van der Waals surface area contributed by atoms with Crippen molar-refractivity contribution in [1.82, 2.24) is 0 Å². The Morgan fingerprint density at radius 2 is 1.68 bits per heavy atom. The van der Waals surface area contributed by atoms with E-state index in [1.807, 2.05) is 6.92 Å². The first-order valence-corrected chi connectivity index (χ1v) is 11.3. The third-order valence-electron chi connectivity index (χ3n) is 4.54. The van der Waals surface area contributed by atoms with E-state index in [2.05, 4.69) is 10.0 Å². The molecule has 0 unspecified atom stereocenters. The molecule has 7 nitrogen and oxygen atoms in total. The minimum absolute atomic E-state index is 0.0361. The highest BCUT2D eigenvalue weighted by molar-refractivity contribution is 7.92. The minimum Gasteiger partial charge on any atom is -0.465 e. The van der Waals surface area contributed by atoms with Crippen molar-refractivity contribution in [2.24, 2.45) is 0 Å². The lowest BCUT2D eigenvalue weighted by atomic mass is 10.1. The topological polar surface area (TPSA) is 102 Å². The number of halogens is 1. The van der Waals surface area contributed by atoms with Gasteiger partial charge in [0, 0.05) is 4.88 Å². The lowest BCUT2D eigenvalue weighted by Crippen LogP contribution is -2.19. The first kappa shape index (κ1) is 22.4. The van der Waals surface area contributed by atoms with Gasteiger partial charge >= 0.3 is 5.97 Å². The predicted octanol–water partition coefficient (Wildman–Crippen LogP) is 4.34. The molecule has 3 rings (SSSR count). The molecule has 1 heterocycles. The van der Waals surface area contributed by atoms with Crippen LogP contribution >= 0.6 is 11.3 Å². The largest absolute Gasteiger partial charge is 0.465 e. The Bertz CT molecular complexity index is 1250. The first-order chi connectivity index (χ1) is 14.6. The molecule has 31 heavy (non-hydrogen) atoms. The number of carbonyl (C=O) groups is 2. The smallest absolute Gasteiger partial charge is 0.341 e. The molecule has 2 aromatic carbocycles. The van der Waals surface area contributed by atoms with Gasteiger partial charge in [0.05, 0.1) is 28.8 Å². The maximum Gasteiger partial charge on any atom is 0.341 e. The van der Waals surface area contributed by atoms with E-state index in [0.717, 1.165) is 29.1 Å². The van der Waals surface area contributed by atoms with Gasteiger partial charge in [0.15, 0.2) is 0 Å². The van der Waals surface area contributed by atoms with Crippen LogP contribution in [0.3, 0.4) is 0 Å². The third kappa shape index (κ3) is 4.75. The van der Waals surface area contributed by atoms with Crippen LogP contribution < -0.4 is 10.0 Å². The molecule has 0 atom stereocenters. The van der Waals surface area contributed by atoms with Gasteiger partial charge in [-0.1, -0.05) is 12.1 Å². The van der Waals surface area contributed by atoms with Crippen molar-refractivity contribution in [1.29, 1.82) is 0 Å². The number of ether oxygens (including phenoxy) is 1. The maximum atomic E-state index is 13.1. The van der Waals surface area contributed by atoms with Gasteiger partial charge in [-0.05, 0) is 55.8 Å². The summed E-state index contributed by atoms with van der Waals surface area (Å²) in [5, 5.41) is 2.98. The van der Waals surface area contributed by atoms with Crippen molar-refractivity contribution in [3.63, 3.8) is 0 Å². The highest BCUT2D eigenvalue weighted by Gasteiger charge is 2.24. The molecular formula is C21H19FN2O5S2. The van der Waals surface area contributed by atoms with E-state index < -0.39 is 27.7 Å². The standard InChI is InChI=1S/C21H19FN2O5S2/c1-12-13(2)30-20(18(12)21(26)29-3)23-19(25)16-6-4-5-7-17(16)24-31(27,28)15-10-8-14(22)9-11-15/h4-11,24H,1-3H3,(H,23,25). The van der Waals surface area contributed by atoms with Gasteiger partial charge in [0.2, 0.25) is 0 Å². The van der Waals surface area contributed by atoms with Crippen LogP contribution in [0.2, 0.25) is 0 Å². The van der Waals surface area contributed by atoms with Crippen molar-refractivity contribution < 1.29 is 27.1 Å². The second-order valence-corrected chi connectivity index (χ2v) is 9.45. The van der Waals surface area contributed by atoms with Crippen LogP contribution in [-0.2, 0) is 14.8 Å². The molecule has 2 N–H and O–H groups in total. The zero-order chi connectivity index (χ0) is 22.8. The van der Waals surface area contributed by atoms with Crippen molar-refractivity contribution in [3.05, 3.63) is 75.9 Å². The zero-order valence-electron chi connectivity index (χ0n) is 16.9. The average Bonchev–Trinajstić information content (AvgIpc) is 3.01. The highest BCUT2D eigenvalue weighted by Crippen LogP contribution is 2.33. The number of rotatable bonds is 6. The van der Waals surface area contributed by atoms with E-state index in [1.165, 1.54) is 30.6 Å². The number of amides is 1. The molecule has 162 valence electrons. The van der Waals surface area contributed by atoms with Gasteiger partial charge in [-0.2, -0.15) is 0 Å². The van der Waals surface area contributed by atoms with Gasteiger partial charge in [-0.3, -0.25) is 9.52 Å². The van der Waals surface area contributed by atoms with Crippen LogP contribution in [0.15, 0.2) is 53.4 Å². The van der Waals surface area contributed by atoms with Crippen LogP contribution in [0.1, 0.15) is 31.2 Å². The summed E-state index contributed by atoms with van der Waals surface area (Å²) in [4.78, 5) is 25.8. The normalized spacial score (nSPS) is 11.1. The average molecular weight is 463 g/mol. The summed E-state index contributed by atoms with van der Waals surface area (Å²) >= 11 is 1.22. The Morgan fingerprint density at radius 3 is 2.32 bits per heavy atom. The molecule has 10 heteroatoms. The second-order valence-electron chi connectivity index (χ2n) is 6.54. The number of esters is 1. The Balaban J connectivity index is 1.92. The van der Waals surface area contributed by atoms with Crippen molar-refractivity contribution >= 4 is 43.9 Å². The Labute approximate surface area is 182 Å². The summed E-state index contributed by atoms with van der Waals surface area (Å²) in [6.07, 6.45) is 0. The summed E-state index contributed by atoms with van der Waals surface area (Å²) in [7, 11) is -2.81. The van der Waals surface area contributed by atoms with Crippen molar-refractivity contribution in [2.75, 3.05) is 17.1 Å². The fraction of sp³-hybridized carbons (Fsp3) is 0.143. The number of aryl methyl sites for hydroxylation is 1. The molecule has 0 aliphatic rings. The first-order valence-electron chi connectivity index (χ1n) is 9.01. The molecule has 1 aromatic heterocycles. The summed E-state index contributed by atoms with van der Waals surface area (Å²) in [6.45, 7) is 3.56. The molecule has 0 saturated carbocycles. The van der Waals surface area contributed by atoms with E-state index in [-0.39, 0.29) is 21.7 Å². The number of para-hydroxylation sites is 1. The van der Waals surface area contributed by atoms with Crippen LogP contribution in [-0.4, -0.2) is 27.4 Å². The van der Waals surface area contributed by atoms with Gasteiger partial charge in [-0.25, -0.2) is 17.6 Å². The van der Waals surface area contributed by atoms with E-state index >= 15 is 0 Å². The van der Waals surface area contributed by atoms with Crippen LogP contribution in [0.5, 0.6) is 0 Å². The molecule has 0 fully saturated rings. The quantitative estimate of drug-likeness (QED) is 0.531. The van der Waals surface area contributed by atoms with E-state index in [9.17, 15) is 22.4 Å². The summed E-state index contributed by atoms with van der Waals surface area (Å²) in [5.41, 5.74) is 1.03. The third-order valence-corrected chi connectivity index (χ3v) is 7.05. The zero-order valence-corrected chi connectivity index (χ0v) is 18.5. The van der Waals surface area contributed by atoms with E-state index in [0.29, 0.717) is 10.6 Å². The summed E-state index contributed by atoms with van der Waals surface area (Å²) in [6, 6.07) is 10.3. The Kier molecular flexibility index (Phi) is 6.42. The SMILES string of the molecule is COC(=O)c1c(NC(=O)c2ccccc2NS(=O)(=O)c2ccc(F)cc2)sc(C)c1C. The number of hydrogen-bond acceptors (Lipinski definition) is 6. The number of thiophene rings is 1. The number of sulfonamides is 1. The fourth-order valence-electron chi connectivity index (χ4n) is 2.82. The molecule has 0 aliphatic heterocycles. The number of nitrogens with one attached hydrogen (secondary N) is 2. The molecule has 3 aromatic rings. The Morgan fingerprint density at radius 1 is 1.03 bits per heavy atom. The van der Waals surface area contributed by atoms with Crippen LogP contribution in [0, 0.1) is 19.7 Å².